The first-order valence-electron chi connectivity index (χ1n) is 5.61. The second-order valence-electron chi connectivity index (χ2n) is 4.10. The topological polar surface area (TPSA) is 52.0 Å². The summed E-state index contributed by atoms with van der Waals surface area (Å²) in [4.78, 5) is 4.30. The monoisotopic (exact) mass is 242 g/mol. The van der Waals surface area contributed by atoms with Gasteiger partial charge in [0.2, 0.25) is 0 Å². The first-order valence-corrected chi connectivity index (χ1v) is 5.61. The molecule has 0 aliphatic heterocycles. The number of halogens is 1. The van der Waals surface area contributed by atoms with Gasteiger partial charge in [-0.05, 0) is 29.8 Å². The summed E-state index contributed by atoms with van der Waals surface area (Å²) in [5, 5.41) is 0. The molecule has 3 aromatic rings. The number of nitrogens with two attached hydrogens (primary N) is 1. The van der Waals surface area contributed by atoms with Crippen LogP contribution in [0.15, 0.2) is 46.9 Å². The van der Waals surface area contributed by atoms with E-state index in [4.69, 9.17) is 10.2 Å². The van der Waals surface area contributed by atoms with Gasteiger partial charge in [-0.25, -0.2) is 9.37 Å². The number of rotatable bonds is 2. The molecule has 0 saturated carbocycles. The molecule has 3 nitrogen and oxygen atoms in total. The van der Waals surface area contributed by atoms with Crippen LogP contribution < -0.4 is 5.73 Å². The molecule has 0 unspecified atom stereocenters. The number of benzene rings is 2. The number of fused-ring (bicyclic) bond motifs is 1. The highest BCUT2D eigenvalue weighted by Crippen LogP contribution is 2.20. The van der Waals surface area contributed by atoms with E-state index in [0.29, 0.717) is 34.7 Å². The molecule has 0 atom stereocenters. The maximum absolute atomic E-state index is 13.5. The van der Waals surface area contributed by atoms with Crippen molar-refractivity contribution in [1.82, 2.24) is 4.98 Å². The molecule has 0 fully saturated rings. The minimum absolute atomic E-state index is 0.251. The fourth-order valence-corrected chi connectivity index (χ4v) is 1.87. The van der Waals surface area contributed by atoms with Crippen molar-refractivity contribution >= 4 is 16.8 Å². The summed E-state index contributed by atoms with van der Waals surface area (Å²) in [5.74, 6) is 0.236. The molecule has 0 aliphatic carbocycles. The second-order valence-corrected chi connectivity index (χ2v) is 4.10. The van der Waals surface area contributed by atoms with Crippen molar-refractivity contribution in [1.29, 1.82) is 0 Å². The Balaban J connectivity index is 1.98. The van der Waals surface area contributed by atoms with Gasteiger partial charge in [-0.1, -0.05) is 18.2 Å². The quantitative estimate of drug-likeness (QED) is 0.702. The number of anilines is 1. The first kappa shape index (κ1) is 10.8. The summed E-state index contributed by atoms with van der Waals surface area (Å²) in [6, 6.07) is 11.9. The Hall–Kier alpha value is -2.36. The van der Waals surface area contributed by atoms with Crippen LogP contribution in [0.3, 0.4) is 0 Å². The highest BCUT2D eigenvalue weighted by Gasteiger charge is 2.09. The van der Waals surface area contributed by atoms with E-state index in [1.165, 1.54) is 6.07 Å². The smallest absolute Gasteiger partial charge is 0.200 e. The third-order valence-electron chi connectivity index (χ3n) is 2.76. The Kier molecular flexibility index (Phi) is 2.48. The molecular formula is C14H11FN2O. The standard InChI is InChI=1S/C14H11FN2O/c15-11-4-2-1-3-9(11)7-14-17-12-8-10(16)5-6-13(12)18-14/h1-6,8H,7,16H2. The Bertz CT molecular complexity index is 706. The molecule has 4 heteroatoms. The Morgan fingerprint density at radius 2 is 2.00 bits per heavy atom. The van der Waals surface area contributed by atoms with Gasteiger partial charge in [0.25, 0.3) is 0 Å². The second kappa shape index (κ2) is 4.14. The summed E-state index contributed by atoms with van der Waals surface area (Å²) < 4.78 is 19.1. The van der Waals surface area contributed by atoms with Crippen LogP contribution >= 0.6 is 0 Å². The molecule has 0 amide bonds. The van der Waals surface area contributed by atoms with Crippen molar-refractivity contribution in [3.63, 3.8) is 0 Å². The number of hydrogen-bond donors (Lipinski definition) is 1. The number of nitrogens with zero attached hydrogens (tertiary/aromatic N) is 1. The fraction of sp³-hybridized carbons (Fsp3) is 0.0714. The average molecular weight is 242 g/mol. The van der Waals surface area contributed by atoms with E-state index in [1.54, 1.807) is 36.4 Å². The summed E-state index contributed by atoms with van der Waals surface area (Å²) in [6.45, 7) is 0. The van der Waals surface area contributed by atoms with Gasteiger partial charge in [-0.15, -0.1) is 0 Å². The predicted molar refractivity (Wildman–Crippen MR) is 67.6 cm³/mol. The summed E-state index contributed by atoms with van der Waals surface area (Å²) in [5.41, 5.74) is 8.23. The van der Waals surface area contributed by atoms with Crippen molar-refractivity contribution < 1.29 is 8.81 Å². The third kappa shape index (κ3) is 1.93. The van der Waals surface area contributed by atoms with E-state index in [0.717, 1.165) is 0 Å². The van der Waals surface area contributed by atoms with E-state index >= 15 is 0 Å². The van der Waals surface area contributed by atoms with Crippen LogP contribution in [0, 0.1) is 5.82 Å². The van der Waals surface area contributed by atoms with E-state index in [-0.39, 0.29) is 5.82 Å². The highest BCUT2D eigenvalue weighted by molar-refractivity contribution is 5.76. The molecule has 90 valence electrons. The van der Waals surface area contributed by atoms with Crippen molar-refractivity contribution in [3.05, 3.63) is 59.7 Å². The maximum atomic E-state index is 13.5. The summed E-state index contributed by atoms with van der Waals surface area (Å²) in [6.07, 6.45) is 0.335. The number of oxazole rings is 1. The summed E-state index contributed by atoms with van der Waals surface area (Å²) >= 11 is 0. The van der Waals surface area contributed by atoms with Gasteiger partial charge in [0, 0.05) is 5.69 Å². The largest absolute Gasteiger partial charge is 0.440 e. The molecule has 0 spiro atoms. The molecule has 1 heterocycles. The van der Waals surface area contributed by atoms with Gasteiger partial charge < -0.3 is 10.2 Å². The van der Waals surface area contributed by atoms with Crippen LogP contribution in [0.4, 0.5) is 10.1 Å². The van der Waals surface area contributed by atoms with Crippen molar-refractivity contribution in [2.24, 2.45) is 0 Å². The van der Waals surface area contributed by atoms with E-state index in [2.05, 4.69) is 4.98 Å². The van der Waals surface area contributed by atoms with Gasteiger partial charge in [-0.3, -0.25) is 0 Å². The van der Waals surface area contributed by atoms with E-state index in [1.807, 2.05) is 0 Å². The van der Waals surface area contributed by atoms with Crippen LogP contribution in [-0.2, 0) is 6.42 Å². The molecule has 3 rings (SSSR count). The molecule has 1 aromatic heterocycles. The fourth-order valence-electron chi connectivity index (χ4n) is 1.87. The lowest BCUT2D eigenvalue weighted by molar-refractivity contribution is 0.534. The van der Waals surface area contributed by atoms with Crippen molar-refractivity contribution in [3.8, 4) is 0 Å². The lowest BCUT2D eigenvalue weighted by atomic mass is 10.1. The molecule has 0 bridgehead atoms. The lowest BCUT2D eigenvalue weighted by Crippen LogP contribution is -1.91. The molecule has 2 N–H and O–H groups in total. The third-order valence-corrected chi connectivity index (χ3v) is 2.76. The zero-order chi connectivity index (χ0) is 12.5. The van der Waals surface area contributed by atoms with Gasteiger partial charge in [0.1, 0.15) is 11.3 Å². The molecule has 0 aliphatic rings. The molecule has 0 radical (unpaired) electrons. The number of nitrogen functional groups attached to an aromatic ring is 1. The van der Waals surface area contributed by atoms with Crippen molar-refractivity contribution in [2.75, 3.05) is 5.73 Å². The molecular weight excluding hydrogens is 231 g/mol. The zero-order valence-corrected chi connectivity index (χ0v) is 9.56. The predicted octanol–water partition coefficient (Wildman–Crippen LogP) is 3.14. The Morgan fingerprint density at radius 3 is 2.83 bits per heavy atom. The van der Waals surface area contributed by atoms with Gasteiger partial charge in [0.05, 0.1) is 6.42 Å². The van der Waals surface area contributed by atoms with Crippen LogP contribution in [0.5, 0.6) is 0 Å². The minimum atomic E-state index is -0.251. The van der Waals surface area contributed by atoms with Crippen LogP contribution in [0.25, 0.3) is 11.1 Å². The highest BCUT2D eigenvalue weighted by atomic mass is 19.1. The Labute approximate surface area is 103 Å². The zero-order valence-electron chi connectivity index (χ0n) is 9.56. The van der Waals surface area contributed by atoms with E-state index < -0.39 is 0 Å². The number of aromatic nitrogens is 1. The molecule has 0 saturated heterocycles. The molecule has 18 heavy (non-hydrogen) atoms. The van der Waals surface area contributed by atoms with Crippen LogP contribution in [-0.4, -0.2) is 4.98 Å². The normalized spacial score (nSPS) is 10.9. The van der Waals surface area contributed by atoms with Gasteiger partial charge in [0.15, 0.2) is 11.5 Å². The maximum Gasteiger partial charge on any atom is 0.200 e. The summed E-state index contributed by atoms with van der Waals surface area (Å²) in [7, 11) is 0. The van der Waals surface area contributed by atoms with Gasteiger partial charge in [-0.2, -0.15) is 0 Å². The van der Waals surface area contributed by atoms with E-state index in [9.17, 15) is 4.39 Å². The SMILES string of the molecule is Nc1ccc2oc(Cc3ccccc3F)nc2c1. The van der Waals surface area contributed by atoms with Crippen LogP contribution in [0.2, 0.25) is 0 Å². The van der Waals surface area contributed by atoms with Crippen molar-refractivity contribution in [2.45, 2.75) is 6.42 Å². The lowest BCUT2D eigenvalue weighted by Gasteiger charge is -1.98. The number of hydrogen-bond acceptors (Lipinski definition) is 3. The minimum Gasteiger partial charge on any atom is -0.440 e. The van der Waals surface area contributed by atoms with Crippen LogP contribution in [0.1, 0.15) is 11.5 Å². The Morgan fingerprint density at radius 1 is 1.17 bits per heavy atom. The average Bonchev–Trinajstić information content (AvgIpc) is 2.73. The van der Waals surface area contributed by atoms with Gasteiger partial charge >= 0.3 is 0 Å². The molecule has 2 aromatic carbocycles. The first-order chi connectivity index (χ1) is 8.72.